The second kappa shape index (κ2) is 7.21. The molecule has 0 saturated heterocycles. The first-order valence-corrected chi connectivity index (χ1v) is 8.25. The van der Waals surface area contributed by atoms with Gasteiger partial charge in [0.25, 0.3) is 0 Å². The van der Waals surface area contributed by atoms with Crippen LogP contribution in [0.2, 0.25) is 0 Å². The molecule has 1 aliphatic carbocycles. The third-order valence-electron chi connectivity index (χ3n) is 4.74. The van der Waals surface area contributed by atoms with Gasteiger partial charge in [-0.3, -0.25) is 9.59 Å². The zero-order chi connectivity index (χ0) is 17.9. The van der Waals surface area contributed by atoms with Crippen molar-refractivity contribution in [3.8, 4) is 5.75 Å². The lowest BCUT2D eigenvalue weighted by molar-refractivity contribution is -0.127. The summed E-state index contributed by atoms with van der Waals surface area (Å²) < 4.78 is 5.41. The van der Waals surface area contributed by atoms with E-state index in [1.54, 1.807) is 7.11 Å². The molecule has 0 aromatic heterocycles. The second-order valence-corrected chi connectivity index (χ2v) is 6.93. The molecule has 1 aromatic rings. The van der Waals surface area contributed by atoms with Crippen molar-refractivity contribution in [2.24, 2.45) is 11.7 Å². The van der Waals surface area contributed by atoms with Gasteiger partial charge in [-0.2, -0.15) is 0 Å². The van der Waals surface area contributed by atoms with Gasteiger partial charge in [0.2, 0.25) is 11.8 Å². The zero-order valence-corrected chi connectivity index (χ0v) is 14.8. The number of nitrogens with one attached hydrogen (secondary N) is 2. The topological polar surface area (TPSA) is 93.5 Å². The smallest absolute Gasteiger partial charge is 0.239 e. The molecule has 2 rings (SSSR count). The highest BCUT2D eigenvalue weighted by Crippen LogP contribution is 2.50. The maximum Gasteiger partial charge on any atom is 0.239 e. The summed E-state index contributed by atoms with van der Waals surface area (Å²) >= 11 is 0. The van der Waals surface area contributed by atoms with E-state index in [4.69, 9.17) is 10.5 Å². The lowest BCUT2D eigenvalue weighted by Crippen LogP contribution is -2.47. The molecule has 0 heterocycles. The minimum Gasteiger partial charge on any atom is -0.496 e. The Labute approximate surface area is 143 Å². The van der Waals surface area contributed by atoms with Gasteiger partial charge in [-0.25, -0.2) is 0 Å². The van der Waals surface area contributed by atoms with Gasteiger partial charge in [-0.15, -0.1) is 0 Å². The van der Waals surface area contributed by atoms with Crippen molar-refractivity contribution < 1.29 is 14.3 Å². The lowest BCUT2D eigenvalue weighted by atomic mass is 9.96. The maximum absolute atomic E-state index is 12.1. The summed E-state index contributed by atoms with van der Waals surface area (Å²) in [6.07, 6.45) is 0.846. The third kappa shape index (κ3) is 3.87. The minimum atomic E-state index is -0.599. The molecule has 0 radical (unpaired) electrons. The van der Waals surface area contributed by atoms with Gasteiger partial charge in [0.05, 0.1) is 19.7 Å². The number of hydrogen-bond acceptors (Lipinski definition) is 4. The van der Waals surface area contributed by atoms with E-state index >= 15 is 0 Å². The standard InChI is InChI=1S/C18H27N3O3/c1-11(2)16(19)17(23)20-10-15(22)21-14-9-18(14,3)12-7-5-6-8-13(12)24-4/h5-8,11,14,16H,9-10,19H2,1-4H3,(H,20,23)(H,21,22)/t14?,16-,18?/m0/s1. The van der Waals surface area contributed by atoms with Gasteiger partial charge >= 0.3 is 0 Å². The molecule has 3 atom stereocenters. The van der Waals surface area contributed by atoms with Crippen molar-refractivity contribution in [3.05, 3.63) is 29.8 Å². The molecule has 0 bridgehead atoms. The van der Waals surface area contributed by atoms with Crippen molar-refractivity contribution in [2.75, 3.05) is 13.7 Å². The summed E-state index contributed by atoms with van der Waals surface area (Å²) in [4.78, 5) is 23.9. The fourth-order valence-corrected chi connectivity index (χ4v) is 2.82. The number of benzene rings is 1. The zero-order valence-electron chi connectivity index (χ0n) is 14.8. The Bertz CT molecular complexity index is 617. The molecule has 0 spiro atoms. The Balaban J connectivity index is 1.87. The van der Waals surface area contributed by atoms with E-state index < -0.39 is 6.04 Å². The summed E-state index contributed by atoms with van der Waals surface area (Å²) in [6, 6.07) is 7.28. The number of amides is 2. The van der Waals surface area contributed by atoms with Crippen molar-refractivity contribution in [3.63, 3.8) is 0 Å². The molecule has 1 aliphatic rings. The van der Waals surface area contributed by atoms with E-state index in [1.807, 2.05) is 38.1 Å². The summed E-state index contributed by atoms with van der Waals surface area (Å²) in [5.41, 5.74) is 6.70. The molecule has 1 saturated carbocycles. The first-order chi connectivity index (χ1) is 11.3. The normalized spacial score (nSPS) is 23.5. The lowest BCUT2D eigenvalue weighted by Gasteiger charge is -2.17. The van der Waals surface area contributed by atoms with Gasteiger partial charge < -0.3 is 21.1 Å². The Morgan fingerprint density at radius 2 is 2.04 bits per heavy atom. The number of carbonyl (C=O) groups is 2. The average Bonchev–Trinajstić information content (AvgIpc) is 3.22. The van der Waals surface area contributed by atoms with Crippen LogP contribution in [0, 0.1) is 5.92 Å². The molecule has 6 heteroatoms. The number of rotatable bonds is 7. The van der Waals surface area contributed by atoms with Gasteiger partial charge in [-0.05, 0) is 18.4 Å². The fraction of sp³-hybridized carbons (Fsp3) is 0.556. The summed E-state index contributed by atoms with van der Waals surface area (Å²) in [7, 11) is 1.64. The number of hydrogen-bond donors (Lipinski definition) is 3. The number of nitrogens with two attached hydrogens (primary N) is 1. The Hall–Kier alpha value is -2.08. The van der Waals surface area contributed by atoms with E-state index in [1.165, 1.54) is 0 Å². The molecule has 0 aliphatic heterocycles. The van der Waals surface area contributed by atoms with Crippen molar-refractivity contribution in [1.82, 2.24) is 10.6 Å². The molecular weight excluding hydrogens is 306 g/mol. The minimum absolute atomic E-state index is 0.0327. The largest absolute Gasteiger partial charge is 0.496 e. The quantitative estimate of drug-likeness (QED) is 0.692. The molecule has 1 fully saturated rings. The molecule has 2 amide bonds. The number of ether oxygens (including phenoxy) is 1. The van der Waals surface area contributed by atoms with Gasteiger partial charge in [0, 0.05) is 17.0 Å². The van der Waals surface area contributed by atoms with Crippen LogP contribution in [0.4, 0.5) is 0 Å². The summed E-state index contributed by atoms with van der Waals surface area (Å²) in [6.45, 7) is 5.78. The predicted molar refractivity (Wildman–Crippen MR) is 92.7 cm³/mol. The van der Waals surface area contributed by atoms with Crippen LogP contribution in [-0.4, -0.2) is 37.6 Å². The van der Waals surface area contributed by atoms with E-state index in [0.717, 1.165) is 17.7 Å². The van der Waals surface area contributed by atoms with Crippen LogP contribution in [-0.2, 0) is 15.0 Å². The molecule has 24 heavy (non-hydrogen) atoms. The first-order valence-electron chi connectivity index (χ1n) is 8.25. The SMILES string of the molecule is COc1ccccc1C1(C)CC1NC(=O)CNC(=O)[C@@H](N)C(C)C. The van der Waals surface area contributed by atoms with Crippen LogP contribution in [0.25, 0.3) is 0 Å². The average molecular weight is 333 g/mol. The second-order valence-electron chi connectivity index (χ2n) is 6.93. The highest BCUT2D eigenvalue weighted by molar-refractivity contribution is 5.87. The molecule has 4 N–H and O–H groups in total. The van der Waals surface area contributed by atoms with Gasteiger partial charge in [-0.1, -0.05) is 39.0 Å². The van der Waals surface area contributed by atoms with E-state index in [9.17, 15) is 9.59 Å². The van der Waals surface area contributed by atoms with Crippen LogP contribution >= 0.6 is 0 Å². The maximum atomic E-state index is 12.1. The Morgan fingerprint density at radius 1 is 1.38 bits per heavy atom. The van der Waals surface area contributed by atoms with Crippen molar-refractivity contribution in [2.45, 2.75) is 44.7 Å². The van der Waals surface area contributed by atoms with Crippen molar-refractivity contribution in [1.29, 1.82) is 0 Å². The van der Waals surface area contributed by atoms with Crippen LogP contribution in [0.5, 0.6) is 5.75 Å². The molecular formula is C18H27N3O3. The highest BCUT2D eigenvalue weighted by atomic mass is 16.5. The van der Waals surface area contributed by atoms with Gasteiger partial charge in [0.1, 0.15) is 5.75 Å². The molecule has 2 unspecified atom stereocenters. The predicted octanol–water partition coefficient (Wildman–Crippen LogP) is 0.941. The van der Waals surface area contributed by atoms with Crippen LogP contribution in [0.15, 0.2) is 24.3 Å². The van der Waals surface area contributed by atoms with E-state index in [0.29, 0.717) is 0 Å². The van der Waals surface area contributed by atoms with Crippen LogP contribution in [0.3, 0.4) is 0 Å². The third-order valence-corrected chi connectivity index (χ3v) is 4.74. The van der Waals surface area contributed by atoms with Gasteiger partial charge in [0.15, 0.2) is 0 Å². The molecule has 1 aromatic carbocycles. The first kappa shape index (κ1) is 18.3. The Morgan fingerprint density at radius 3 is 2.67 bits per heavy atom. The van der Waals surface area contributed by atoms with E-state index in [-0.39, 0.29) is 35.7 Å². The number of methoxy groups -OCH3 is 1. The monoisotopic (exact) mass is 333 g/mol. The van der Waals surface area contributed by atoms with Crippen LogP contribution in [0.1, 0.15) is 32.8 Å². The summed E-state index contributed by atoms with van der Waals surface area (Å²) in [5, 5.41) is 5.55. The fourth-order valence-electron chi connectivity index (χ4n) is 2.82. The Kier molecular flexibility index (Phi) is 5.49. The highest BCUT2D eigenvalue weighted by Gasteiger charge is 2.53. The number of para-hydroxylation sites is 1. The molecule has 132 valence electrons. The van der Waals surface area contributed by atoms with Crippen molar-refractivity contribution >= 4 is 11.8 Å². The number of carbonyl (C=O) groups excluding carboxylic acids is 2. The summed E-state index contributed by atoms with van der Waals surface area (Å²) in [5.74, 6) is 0.352. The van der Waals surface area contributed by atoms with Crippen LogP contribution < -0.4 is 21.1 Å². The van der Waals surface area contributed by atoms with E-state index in [2.05, 4.69) is 17.6 Å². The molecule has 6 nitrogen and oxygen atoms in total.